The van der Waals surface area contributed by atoms with Gasteiger partial charge in [0.05, 0.1) is 11.9 Å². The average Bonchev–Trinajstić information content (AvgIpc) is 2.67. The number of sulfonamides is 1. The van der Waals surface area contributed by atoms with E-state index in [4.69, 9.17) is 4.74 Å². The van der Waals surface area contributed by atoms with Crippen molar-refractivity contribution >= 4 is 40.0 Å². The predicted molar refractivity (Wildman–Crippen MR) is 126 cm³/mol. The first-order chi connectivity index (χ1) is 12.9. The third-order valence-corrected chi connectivity index (χ3v) is 7.10. The van der Waals surface area contributed by atoms with E-state index in [1.807, 2.05) is 0 Å². The quantitative estimate of drug-likeness (QED) is 0.255. The van der Waals surface area contributed by atoms with Gasteiger partial charge in [-0.15, -0.1) is 24.0 Å². The van der Waals surface area contributed by atoms with Crippen molar-refractivity contribution in [2.75, 3.05) is 32.5 Å². The lowest BCUT2D eigenvalue weighted by Gasteiger charge is -2.32. The largest absolute Gasteiger partial charge is 0.377 e. The molecule has 3 N–H and O–H groups in total. The number of halogens is 1. The van der Waals surface area contributed by atoms with Gasteiger partial charge >= 0.3 is 0 Å². The lowest BCUT2D eigenvalue weighted by atomic mass is 9.80. The number of ether oxygens (including phenoxy) is 1. The van der Waals surface area contributed by atoms with Gasteiger partial charge in [-0.1, -0.05) is 13.8 Å². The first-order valence-corrected chi connectivity index (χ1v) is 12.1. The molecule has 1 atom stereocenters. The highest BCUT2D eigenvalue weighted by molar-refractivity contribution is 14.0. The molecule has 0 radical (unpaired) electrons. The third kappa shape index (κ3) is 9.58. The minimum absolute atomic E-state index is 0. The van der Waals surface area contributed by atoms with Gasteiger partial charge in [0.25, 0.3) is 0 Å². The molecular weight excluding hydrogens is 491 g/mol. The number of nitrogens with one attached hydrogen (secondary N) is 3. The molecule has 166 valence electrons. The van der Waals surface area contributed by atoms with Gasteiger partial charge in [0.2, 0.25) is 10.0 Å². The molecule has 0 amide bonds. The molecule has 9 heteroatoms. The Bertz CT molecular complexity index is 558. The van der Waals surface area contributed by atoms with Crippen molar-refractivity contribution in [2.24, 2.45) is 16.8 Å². The van der Waals surface area contributed by atoms with Crippen LogP contribution in [0, 0.1) is 11.8 Å². The summed E-state index contributed by atoms with van der Waals surface area (Å²) in [5.74, 6) is 2.29. The van der Waals surface area contributed by atoms with E-state index in [0.717, 1.165) is 50.5 Å². The smallest absolute Gasteiger partial charge is 0.213 e. The van der Waals surface area contributed by atoms with Gasteiger partial charge in [-0.25, -0.2) is 13.1 Å². The van der Waals surface area contributed by atoms with E-state index < -0.39 is 10.0 Å². The Kier molecular flexibility index (Phi) is 12.2. The highest BCUT2D eigenvalue weighted by Crippen LogP contribution is 2.29. The molecule has 28 heavy (non-hydrogen) atoms. The maximum absolute atomic E-state index is 12.2. The van der Waals surface area contributed by atoms with E-state index in [1.54, 1.807) is 7.05 Å². The summed E-state index contributed by atoms with van der Waals surface area (Å²) in [4.78, 5) is 4.23. The summed E-state index contributed by atoms with van der Waals surface area (Å²) in [5.41, 5.74) is 0. The maximum atomic E-state index is 12.2. The topological polar surface area (TPSA) is 91.8 Å². The van der Waals surface area contributed by atoms with Crippen LogP contribution in [0.1, 0.15) is 58.8 Å². The fourth-order valence-corrected chi connectivity index (χ4v) is 4.84. The Hall–Kier alpha value is -0.130. The van der Waals surface area contributed by atoms with Crippen LogP contribution in [0.3, 0.4) is 0 Å². The predicted octanol–water partition coefficient (Wildman–Crippen LogP) is 2.47. The first-order valence-electron chi connectivity index (χ1n) is 10.5. The Labute approximate surface area is 188 Å². The summed E-state index contributed by atoms with van der Waals surface area (Å²) in [7, 11) is -1.59. The Morgan fingerprint density at radius 1 is 1.14 bits per heavy atom. The lowest BCUT2D eigenvalue weighted by molar-refractivity contribution is 0.0200. The van der Waals surface area contributed by atoms with Crippen molar-refractivity contribution in [3.05, 3.63) is 0 Å². The van der Waals surface area contributed by atoms with Gasteiger partial charge in [-0.3, -0.25) is 4.99 Å². The van der Waals surface area contributed by atoms with Crippen LogP contribution in [0.5, 0.6) is 0 Å². The summed E-state index contributed by atoms with van der Waals surface area (Å²) in [6.45, 7) is 6.03. The molecule has 2 fully saturated rings. The Balaban J connectivity index is 0.00000392. The molecule has 0 aromatic rings. The Morgan fingerprint density at radius 3 is 2.43 bits per heavy atom. The van der Waals surface area contributed by atoms with E-state index in [-0.39, 0.29) is 35.8 Å². The van der Waals surface area contributed by atoms with Gasteiger partial charge in [-0.05, 0) is 56.8 Å². The second-order valence-corrected chi connectivity index (χ2v) is 10.1. The molecule has 1 saturated carbocycles. The zero-order valence-corrected chi connectivity index (χ0v) is 20.7. The molecule has 1 unspecified atom stereocenters. The van der Waals surface area contributed by atoms with Crippen LogP contribution >= 0.6 is 24.0 Å². The maximum Gasteiger partial charge on any atom is 0.213 e. The molecule has 2 rings (SSSR count). The van der Waals surface area contributed by atoms with Crippen molar-refractivity contribution < 1.29 is 13.2 Å². The van der Waals surface area contributed by atoms with Crippen LogP contribution in [0.25, 0.3) is 0 Å². The monoisotopic (exact) mass is 530 g/mol. The molecule has 1 heterocycles. The number of aliphatic imine (C=N–C) groups is 1. The van der Waals surface area contributed by atoms with Crippen molar-refractivity contribution in [2.45, 2.75) is 70.9 Å². The van der Waals surface area contributed by atoms with Crippen LogP contribution in [0.15, 0.2) is 4.99 Å². The molecule has 0 spiro atoms. The molecule has 1 aliphatic carbocycles. The van der Waals surface area contributed by atoms with Gasteiger partial charge in [0, 0.05) is 32.8 Å². The first kappa shape index (κ1) is 25.9. The zero-order chi connectivity index (χ0) is 19.7. The van der Waals surface area contributed by atoms with Crippen molar-refractivity contribution in [3.8, 4) is 0 Å². The van der Waals surface area contributed by atoms with E-state index in [1.165, 1.54) is 12.8 Å². The lowest BCUT2D eigenvalue weighted by Crippen LogP contribution is -2.47. The van der Waals surface area contributed by atoms with Gasteiger partial charge in [0.1, 0.15) is 0 Å². The Morgan fingerprint density at radius 2 is 1.86 bits per heavy atom. The molecule has 1 aliphatic heterocycles. The SMILES string of the molecule is CN=C(NCCS(=O)(=O)NCC1CCCCO1)NC1CCC(C(C)C)CC1.I. The summed E-state index contributed by atoms with van der Waals surface area (Å²) in [5, 5.41) is 6.57. The summed E-state index contributed by atoms with van der Waals surface area (Å²) >= 11 is 0. The molecule has 7 nitrogen and oxygen atoms in total. The molecule has 1 saturated heterocycles. The number of nitrogens with zero attached hydrogens (tertiary/aromatic N) is 1. The normalized spacial score (nSPS) is 26.6. The minimum atomic E-state index is -3.31. The van der Waals surface area contributed by atoms with E-state index in [9.17, 15) is 8.42 Å². The second-order valence-electron chi connectivity index (χ2n) is 8.15. The van der Waals surface area contributed by atoms with E-state index in [2.05, 4.69) is 34.2 Å². The molecule has 0 aromatic heterocycles. The molecular formula is C19H39IN4O3S. The van der Waals surface area contributed by atoms with E-state index >= 15 is 0 Å². The van der Waals surface area contributed by atoms with Crippen molar-refractivity contribution in [3.63, 3.8) is 0 Å². The highest BCUT2D eigenvalue weighted by Gasteiger charge is 2.24. The molecule has 0 aromatic carbocycles. The molecule has 0 bridgehead atoms. The van der Waals surface area contributed by atoms with Gasteiger partial charge in [-0.2, -0.15) is 0 Å². The van der Waals surface area contributed by atoms with Crippen LogP contribution in [0.4, 0.5) is 0 Å². The van der Waals surface area contributed by atoms with Gasteiger partial charge in [0.15, 0.2) is 5.96 Å². The zero-order valence-electron chi connectivity index (χ0n) is 17.6. The minimum Gasteiger partial charge on any atom is -0.377 e. The third-order valence-electron chi connectivity index (χ3n) is 5.75. The van der Waals surface area contributed by atoms with E-state index in [0.29, 0.717) is 25.1 Å². The van der Waals surface area contributed by atoms with Gasteiger partial charge < -0.3 is 15.4 Å². The highest BCUT2D eigenvalue weighted by atomic mass is 127. The fourth-order valence-electron chi connectivity index (χ4n) is 3.88. The van der Waals surface area contributed by atoms with Crippen LogP contribution in [-0.4, -0.2) is 59.0 Å². The van der Waals surface area contributed by atoms with Crippen LogP contribution in [-0.2, 0) is 14.8 Å². The second kappa shape index (κ2) is 13.2. The fraction of sp³-hybridized carbons (Fsp3) is 0.947. The van der Waals surface area contributed by atoms with Crippen molar-refractivity contribution in [1.29, 1.82) is 0 Å². The summed E-state index contributed by atoms with van der Waals surface area (Å²) in [6.07, 6.45) is 7.89. The number of guanidine groups is 1. The standard InChI is InChI=1S/C19H38N4O3S.HI/c1-15(2)16-7-9-17(10-8-16)23-19(20-3)21-11-13-27(24,25)22-14-18-6-4-5-12-26-18;/h15-18,22H,4-14H2,1-3H3,(H2,20,21,23);1H. The number of hydrogen-bond acceptors (Lipinski definition) is 4. The van der Waals surface area contributed by atoms with Crippen LogP contribution < -0.4 is 15.4 Å². The average molecular weight is 531 g/mol. The number of rotatable bonds is 8. The number of hydrogen-bond donors (Lipinski definition) is 3. The molecule has 2 aliphatic rings. The summed E-state index contributed by atoms with van der Waals surface area (Å²) in [6, 6.07) is 0.421. The summed E-state index contributed by atoms with van der Waals surface area (Å²) < 4.78 is 32.6. The van der Waals surface area contributed by atoms with Crippen molar-refractivity contribution in [1.82, 2.24) is 15.4 Å². The van der Waals surface area contributed by atoms with Crippen LogP contribution in [0.2, 0.25) is 0 Å².